The van der Waals surface area contributed by atoms with Gasteiger partial charge in [-0.2, -0.15) is 0 Å². The van der Waals surface area contributed by atoms with Crippen molar-refractivity contribution in [1.82, 2.24) is 5.06 Å². The van der Waals surface area contributed by atoms with Crippen LogP contribution in [0.5, 0.6) is 0 Å². The maximum absolute atomic E-state index is 10.5. The highest BCUT2D eigenvalue weighted by molar-refractivity contribution is 5.64. The molecular weight excluding hydrogens is 236 g/mol. The average molecular weight is 252 g/mol. The molecule has 0 spiro atoms. The van der Waals surface area contributed by atoms with Crippen LogP contribution in [0, 0.1) is 0 Å². The first-order chi connectivity index (χ1) is 9.09. The standard InChI is InChI=1S/C16H16N2O/c1-16(2)17-14-11-7-6-10-13(14)15(18(16)19)12-8-4-3-5-9-12/h3-11,19H,1-2H3. The highest BCUT2D eigenvalue weighted by Gasteiger charge is 2.30. The van der Waals surface area contributed by atoms with E-state index in [1.807, 2.05) is 68.4 Å². The fourth-order valence-corrected chi connectivity index (χ4v) is 2.38. The summed E-state index contributed by atoms with van der Waals surface area (Å²) in [6, 6.07) is 17.8. The Kier molecular flexibility index (Phi) is 2.64. The molecule has 3 heteroatoms. The van der Waals surface area contributed by atoms with Crippen molar-refractivity contribution in [3.63, 3.8) is 0 Å². The minimum absolute atomic E-state index is 0.667. The number of nitrogens with zero attached hydrogens (tertiary/aromatic N) is 2. The summed E-state index contributed by atoms with van der Waals surface area (Å²) in [5.74, 6) is 0. The lowest BCUT2D eigenvalue weighted by Crippen LogP contribution is -2.50. The maximum Gasteiger partial charge on any atom is 0.151 e. The highest BCUT2D eigenvalue weighted by atomic mass is 16.5. The van der Waals surface area contributed by atoms with Gasteiger partial charge in [-0.05, 0) is 19.9 Å². The van der Waals surface area contributed by atoms with Gasteiger partial charge in [-0.1, -0.05) is 48.5 Å². The van der Waals surface area contributed by atoms with Crippen molar-refractivity contribution >= 4 is 5.70 Å². The van der Waals surface area contributed by atoms with E-state index in [4.69, 9.17) is 0 Å². The van der Waals surface area contributed by atoms with Crippen LogP contribution in [-0.2, 0) is 0 Å². The third kappa shape index (κ3) is 1.92. The number of hydrogen-bond donors (Lipinski definition) is 1. The van der Waals surface area contributed by atoms with Gasteiger partial charge in [-0.25, -0.2) is 5.06 Å². The lowest BCUT2D eigenvalue weighted by Gasteiger charge is -2.35. The smallest absolute Gasteiger partial charge is 0.151 e. The Bertz CT molecular complexity index is 720. The van der Waals surface area contributed by atoms with Crippen LogP contribution in [0.1, 0.15) is 19.4 Å². The molecule has 96 valence electrons. The Hall–Kier alpha value is -2.13. The quantitative estimate of drug-likeness (QED) is 0.841. The number of fused-ring (bicyclic) bond motifs is 1. The Morgan fingerprint density at radius 3 is 2.32 bits per heavy atom. The molecule has 1 N–H and O–H groups in total. The van der Waals surface area contributed by atoms with Gasteiger partial charge >= 0.3 is 0 Å². The zero-order valence-corrected chi connectivity index (χ0v) is 11.0. The summed E-state index contributed by atoms with van der Waals surface area (Å²) in [7, 11) is 0. The highest BCUT2D eigenvalue weighted by Crippen LogP contribution is 2.25. The summed E-state index contributed by atoms with van der Waals surface area (Å²) in [5, 5.41) is 13.6. The summed E-state index contributed by atoms with van der Waals surface area (Å²) in [4.78, 5) is 4.59. The number of benzene rings is 2. The normalized spacial score (nSPS) is 16.8. The van der Waals surface area contributed by atoms with Gasteiger partial charge in [0.05, 0.1) is 11.1 Å². The van der Waals surface area contributed by atoms with Gasteiger partial charge < -0.3 is 0 Å². The van der Waals surface area contributed by atoms with Crippen molar-refractivity contribution in [3.05, 3.63) is 70.7 Å². The predicted molar refractivity (Wildman–Crippen MR) is 73.9 cm³/mol. The van der Waals surface area contributed by atoms with E-state index in [-0.39, 0.29) is 0 Å². The Labute approximate surface area is 112 Å². The summed E-state index contributed by atoms with van der Waals surface area (Å²) >= 11 is 0. The Balaban J connectivity index is 2.40. The van der Waals surface area contributed by atoms with Crippen LogP contribution >= 0.6 is 0 Å². The van der Waals surface area contributed by atoms with Crippen LogP contribution in [0.4, 0.5) is 0 Å². The molecule has 0 saturated carbocycles. The number of hydroxylamine groups is 2. The van der Waals surface area contributed by atoms with Gasteiger partial charge in [-0.15, -0.1) is 0 Å². The monoisotopic (exact) mass is 252 g/mol. The molecule has 2 aromatic rings. The lowest BCUT2D eigenvalue weighted by atomic mass is 10.0. The lowest BCUT2D eigenvalue weighted by molar-refractivity contribution is -0.105. The summed E-state index contributed by atoms with van der Waals surface area (Å²) in [5.41, 5.74) is 1.12. The molecule has 19 heavy (non-hydrogen) atoms. The molecular formula is C16H16N2O. The molecule has 2 aromatic carbocycles. The molecule has 0 saturated heterocycles. The van der Waals surface area contributed by atoms with E-state index in [0.29, 0.717) is 0 Å². The molecule has 0 amide bonds. The van der Waals surface area contributed by atoms with Crippen molar-refractivity contribution in [2.75, 3.05) is 0 Å². The van der Waals surface area contributed by atoms with E-state index in [0.717, 1.165) is 21.8 Å². The molecule has 0 fully saturated rings. The molecule has 0 bridgehead atoms. The summed E-state index contributed by atoms with van der Waals surface area (Å²) in [6.45, 7) is 3.79. The number of hydrogen-bond acceptors (Lipinski definition) is 3. The van der Waals surface area contributed by atoms with Crippen LogP contribution in [-0.4, -0.2) is 15.9 Å². The molecule has 0 radical (unpaired) electrons. The zero-order chi connectivity index (χ0) is 13.5. The van der Waals surface area contributed by atoms with E-state index in [1.165, 1.54) is 5.06 Å². The SMILES string of the molecule is CC1(C)N=c2ccccc2=C(c2ccccc2)N1O. The van der Waals surface area contributed by atoms with Crippen LogP contribution in [0.25, 0.3) is 5.70 Å². The van der Waals surface area contributed by atoms with Crippen LogP contribution in [0.2, 0.25) is 0 Å². The number of para-hydroxylation sites is 1. The van der Waals surface area contributed by atoms with E-state index in [2.05, 4.69) is 4.99 Å². The van der Waals surface area contributed by atoms with Gasteiger partial charge in [0.2, 0.25) is 0 Å². The molecule has 0 unspecified atom stereocenters. The molecule has 1 heterocycles. The van der Waals surface area contributed by atoms with E-state index in [1.54, 1.807) is 0 Å². The second kappa shape index (κ2) is 4.21. The van der Waals surface area contributed by atoms with Gasteiger partial charge in [0.15, 0.2) is 5.66 Å². The van der Waals surface area contributed by atoms with Crippen molar-refractivity contribution in [1.29, 1.82) is 0 Å². The second-order valence-corrected chi connectivity index (χ2v) is 5.15. The third-order valence-corrected chi connectivity index (χ3v) is 3.33. The molecule has 0 atom stereocenters. The Morgan fingerprint density at radius 2 is 1.58 bits per heavy atom. The fourth-order valence-electron chi connectivity index (χ4n) is 2.38. The maximum atomic E-state index is 10.5. The molecule has 0 aliphatic carbocycles. The molecule has 1 aliphatic heterocycles. The number of rotatable bonds is 1. The van der Waals surface area contributed by atoms with Crippen molar-refractivity contribution < 1.29 is 5.21 Å². The van der Waals surface area contributed by atoms with Crippen LogP contribution < -0.4 is 10.6 Å². The topological polar surface area (TPSA) is 35.8 Å². The van der Waals surface area contributed by atoms with Crippen LogP contribution in [0.3, 0.4) is 0 Å². The third-order valence-electron chi connectivity index (χ3n) is 3.33. The minimum atomic E-state index is -0.667. The van der Waals surface area contributed by atoms with Crippen LogP contribution in [0.15, 0.2) is 59.6 Å². The fraction of sp³-hybridized carbons (Fsp3) is 0.188. The van der Waals surface area contributed by atoms with Crippen molar-refractivity contribution in [2.24, 2.45) is 4.99 Å². The van der Waals surface area contributed by atoms with Crippen molar-refractivity contribution in [2.45, 2.75) is 19.5 Å². The minimum Gasteiger partial charge on any atom is -0.286 e. The van der Waals surface area contributed by atoms with Gasteiger partial charge in [0, 0.05) is 10.8 Å². The van der Waals surface area contributed by atoms with Gasteiger partial charge in [-0.3, -0.25) is 10.2 Å². The molecule has 3 rings (SSSR count). The zero-order valence-electron chi connectivity index (χ0n) is 11.0. The predicted octanol–water partition coefficient (Wildman–Crippen LogP) is 1.90. The Morgan fingerprint density at radius 1 is 0.947 bits per heavy atom. The first-order valence-electron chi connectivity index (χ1n) is 6.33. The van der Waals surface area contributed by atoms with E-state index >= 15 is 0 Å². The average Bonchev–Trinajstić information content (AvgIpc) is 2.41. The summed E-state index contributed by atoms with van der Waals surface area (Å²) in [6.07, 6.45) is 0. The summed E-state index contributed by atoms with van der Waals surface area (Å²) < 4.78 is 0. The molecule has 1 aliphatic rings. The molecule has 0 aromatic heterocycles. The van der Waals surface area contributed by atoms with Gasteiger partial charge in [0.25, 0.3) is 0 Å². The largest absolute Gasteiger partial charge is 0.286 e. The first kappa shape index (κ1) is 11.9. The van der Waals surface area contributed by atoms with E-state index in [9.17, 15) is 5.21 Å². The second-order valence-electron chi connectivity index (χ2n) is 5.15. The first-order valence-corrected chi connectivity index (χ1v) is 6.33. The van der Waals surface area contributed by atoms with E-state index < -0.39 is 5.66 Å². The van der Waals surface area contributed by atoms with Gasteiger partial charge in [0.1, 0.15) is 0 Å². The molecule has 3 nitrogen and oxygen atoms in total. The van der Waals surface area contributed by atoms with Crippen molar-refractivity contribution in [3.8, 4) is 0 Å².